The van der Waals surface area contributed by atoms with Crippen LogP contribution in [0.1, 0.15) is 25.8 Å². The first-order chi connectivity index (χ1) is 9.22. The molecular weight excluding hydrogens is 236 g/mol. The number of piperazine rings is 1. The summed E-state index contributed by atoms with van der Waals surface area (Å²) in [6.45, 7) is 11.0. The summed E-state index contributed by atoms with van der Waals surface area (Å²) in [4.78, 5) is 3.50. The molecule has 0 spiro atoms. The maximum atomic E-state index is 5.29. The molecule has 19 heavy (non-hydrogen) atoms. The van der Waals surface area contributed by atoms with Crippen LogP contribution in [0, 0.1) is 0 Å². The first-order valence-electron chi connectivity index (χ1n) is 7.54. The van der Waals surface area contributed by atoms with Gasteiger partial charge in [0.1, 0.15) is 38.5 Å². The third kappa shape index (κ3) is 3.95. The number of quaternary nitrogens is 2. The van der Waals surface area contributed by atoms with E-state index in [-0.39, 0.29) is 0 Å². The highest BCUT2D eigenvalue weighted by molar-refractivity contribution is 5.27. The minimum Gasteiger partial charge on any atom is -0.497 e. The number of rotatable bonds is 5. The van der Waals surface area contributed by atoms with Crippen molar-refractivity contribution in [3.63, 3.8) is 0 Å². The Hall–Kier alpha value is -1.06. The molecule has 2 N–H and O–H groups in total. The fraction of sp³-hybridized carbons (Fsp3) is 0.625. The minimum atomic E-state index is 0.818. The lowest BCUT2D eigenvalue weighted by atomic mass is 10.1. The Morgan fingerprint density at radius 2 is 1.95 bits per heavy atom. The summed E-state index contributed by atoms with van der Waals surface area (Å²) >= 11 is 0. The molecule has 0 radical (unpaired) electrons. The number of hydrogen-bond donors (Lipinski definition) is 2. The van der Waals surface area contributed by atoms with Crippen molar-refractivity contribution in [2.45, 2.75) is 32.9 Å². The fourth-order valence-corrected chi connectivity index (χ4v) is 2.95. The van der Waals surface area contributed by atoms with Crippen LogP contribution in [0.4, 0.5) is 0 Å². The van der Waals surface area contributed by atoms with E-state index in [4.69, 9.17) is 4.74 Å². The number of hydrogen-bond acceptors (Lipinski definition) is 1. The quantitative estimate of drug-likeness (QED) is 0.752. The molecular formula is C16H28N2O+2. The molecule has 0 unspecified atom stereocenters. The molecule has 3 nitrogen and oxygen atoms in total. The summed E-state index contributed by atoms with van der Waals surface area (Å²) in [6, 6.07) is 9.31. The number of nitrogens with one attached hydrogen (secondary N) is 2. The lowest BCUT2D eigenvalue weighted by Gasteiger charge is -2.33. The maximum Gasteiger partial charge on any atom is 0.127 e. The molecule has 0 saturated carbocycles. The summed E-state index contributed by atoms with van der Waals surface area (Å²) in [6.07, 6.45) is 1.29. The van der Waals surface area contributed by atoms with Crippen LogP contribution in [-0.2, 0) is 6.54 Å². The van der Waals surface area contributed by atoms with E-state index in [1.165, 1.54) is 38.2 Å². The van der Waals surface area contributed by atoms with Crippen molar-refractivity contribution in [2.75, 3.05) is 33.3 Å². The van der Waals surface area contributed by atoms with Crippen LogP contribution >= 0.6 is 0 Å². The highest BCUT2D eigenvalue weighted by Crippen LogP contribution is 2.11. The van der Waals surface area contributed by atoms with Crippen LogP contribution < -0.4 is 14.5 Å². The monoisotopic (exact) mass is 264 g/mol. The van der Waals surface area contributed by atoms with Crippen molar-refractivity contribution < 1.29 is 14.5 Å². The highest BCUT2D eigenvalue weighted by atomic mass is 16.5. The first-order valence-corrected chi connectivity index (χ1v) is 7.54. The summed E-state index contributed by atoms with van der Waals surface area (Å²) in [5.74, 6) is 0.973. The van der Waals surface area contributed by atoms with Crippen molar-refractivity contribution in [3.05, 3.63) is 29.8 Å². The van der Waals surface area contributed by atoms with E-state index in [1.807, 2.05) is 6.07 Å². The predicted octanol–water partition coefficient (Wildman–Crippen LogP) is -0.223. The molecule has 106 valence electrons. The molecule has 1 atom stereocenters. The molecule has 1 aliphatic rings. The van der Waals surface area contributed by atoms with Gasteiger partial charge in [0.15, 0.2) is 0 Å². The van der Waals surface area contributed by atoms with Gasteiger partial charge < -0.3 is 14.5 Å². The normalized spacial score (nSPS) is 25.0. The van der Waals surface area contributed by atoms with Gasteiger partial charge in [0.2, 0.25) is 0 Å². The molecule has 1 aromatic carbocycles. The summed E-state index contributed by atoms with van der Waals surface area (Å²) in [7, 11) is 1.74. The second-order valence-electron chi connectivity index (χ2n) is 5.75. The largest absolute Gasteiger partial charge is 0.497 e. The molecule has 1 aromatic rings. The summed E-state index contributed by atoms with van der Waals surface area (Å²) in [5, 5.41) is 0. The number of ether oxygens (including phenoxy) is 1. The fourth-order valence-electron chi connectivity index (χ4n) is 2.95. The van der Waals surface area contributed by atoms with E-state index in [0.29, 0.717) is 0 Å². The van der Waals surface area contributed by atoms with Gasteiger partial charge in [0.25, 0.3) is 0 Å². The van der Waals surface area contributed by atoms with Crippen LogP contribution in [0.3, 0.4) is 0 Å². The van der Waals surface area contributed by atoms with E-state index in [0.717, 1.165) is 18.3 Å². The smallest absolute Gasteiger partial charge is 0.127 e. The lowest BCUT2D eigenvalue weighted by Crippen LogP contribution is -3.29. The van der Waals surface area contributed by atoms with Crippen LogP contribution in [0.25, 0.3) is 0 Å². The van der Waals surface area contributed by atoms with E-state index < -0.39 is 0 Å². The van der Waals surface area contributed by atoms with Gasteiger partial charge in [0.05, 0.1) is 13.2 Å². The van der Waals surface area contributed by atoms with Crippen molar-refractivity contribution in [2.24, 2.45) is 0 Å². The molecule has 1 aliphatic heterocycles. The van der Waals surface area contributed by atoms with Gasteiger partial charge in [-0.2, -0.15) is 0 Å². The van der Waals surface area contributed by atoms with Crippen LogP contribution in [0.2, 0.25) is 0 Å². The standard InChI is InChI=1S/C16H26N2O/c1-4-14(2)18-10-8-17(9-11-18)13-15-6-5-7-16(12-15)19-3/h5-7,12,14H,4,8-11,13H2,1-3H3/p+2/t14-/m0/s1. The Balaban J connectivity index is 1.85. The van der Waals surface area contributed by atoms with Crippen molar-refractivity contribution >= 4 is 0 Å². The second-order valence-corrected chi connectivity index (χ2v) is 5.75. The third-order valence-electron chi connectivity index (χ3n) is 4.50. The van der Waals surface area contributed by atoms with Crippen molar-refractivity contribution in [1.82, 2.24) is 0 Å². The molecule has 0 aliphatic carbocycles. The molecule has 0 bridgehead atoms. The zero-order chi connectivity index (χ0) is 13.7. The zero-order valence-corrected chi connectivity index (χ0v) is 12.5. The Bertz CT molecular complexity index is 386. The van der Waals surface area contributed by atoms with Crippen molar-refractivity contribution in [1.29, 1.82) is 0 Å². The summed E-state index contributed by atoms with van der Waals surface area (Å²) < 4.78 is 5.29. The Kier molecular flexibility index (Phi) is 5.23. The van der Waals surface area contributed by atoms with Gasteiger partial charge in [-0.3, -0.25) is 0 Å². The van der Waals surface area contributed by atoms with Gasteiger partial charge >= 0.3 is 0 Å². The SMILES string of the molecule is CC[C@H](C)[NH+]1CC[NH+](Cc2cccc(OC)c2)CC1. The molecule has 0 amide bonds. The van der Waals surface area contributed by atoms with E-state index in [1.54, 1.807) is 16.9 Å². The maximum absolute atomic E-state index is 5.29. The Labute approximate surface area is 117 Å². The molecule has 0 aromatic heterocycles. The van der Waals surface area contributed by atoms with Gasteiger partial charge in [-0.05, 0) is 25.5 Å². The number of benzene rings is 1. The van der Waals surface area contributed by atoms with Gasteiger partial charge in [-0.15, -0.1) is 0 Å². The second kappa shape index (κ2) is 6.92. The zero-order valence-electron chi connectivity index (χ0n) is 12.5. The Morgan fingerprint density at radius 3 is 2.58 bits per heavy atom. The van der Waals surface area contributed by atoms with Gasteiger partial charge in [0, 0.05) is 5.56 Å². The minimum absolute atomic E-state index is 0.818. The first kappa shape index (κ1) is 14.4. The highest BCUT2D eigenvalue weighted by Gasteiger charge is 2.25. The Morgan fingerprint density at radius 1 is 1.21 bits per heavy atom. The molecule has 1 heterocycles. The predicted molar refractivity (Wildman–Crippen MR) is 77.8 cm³/mol. The van der Waals surface area contributed by atoms with E-state index in [9.17, 15) is 0 Å². The van der Waals surface area contributed by atoms with E-state index >= 15 is 0 Å². The van der Waals surface area contributed by atoms with Crippen LogP contribution in [-0.4, -0.2) is 39.3 Å². The molecule has 1 fully saturated rings. The molecule has 1 saturated heterocycles. The van der Waals surface area contributed by atoms with Gasteiger partial charge in [-0.25, -0.2) is 0 Å². The van der Waals surface area contributed by atoms with Gasteiger partial charge in [-0.1, -0.05) is 19.1 Å². The number of methoxy groups -OCH3 is 1. The van der Waals surface area contributed by atoms with E-state index in [2.05, 4.69) is 32.0 Å². The average Bonchev–Trinajstić information content (AvgIpc) is 2.47. The lowest BCUT2D eigenvalue weighted by molar-refractivity contribution is -1.03. The summed E-state index contributed by atoms with van der Waals surface area (Å²) in [5.41, 5.74) is 1.39. The van der Waals surface area contributed by atoms with Crippen molar-refractivity contribution in [3.8, 4) is 5.75 Å². The molecule has 3 heteroatoms. The molecule has 2 rings (SSSR count). The average molecular weight is 264 g/mol. The third-order valence-corrected chi connectivity index (χ3v) is 4.50. The van der Waals surface area contributed by atoms with Crippen LogP contribution in [0.5, 0.6) is 5.75 Å². The topological polar surface area (TPSA) is 18.1 Å². The van der Waals surface area contributed by atoms with Crippen LogP contribution in [0.15, 0.2) is 24.3 Å².